The van der Waals surface area contributed by atoms with Gasteiger partial charge in [-0.3, -0.25) is 9.69 Å². The van der Waals surface area contributed by atoms with Gasteiger partial charge in [-0.05, 0) is 37.1 Å². The normalized spacial score (nSPS) is 26.3. The van der Waals surface area contributed by atoms with Crippen molar-refractivity contribution in [1.29, 1.82) is 0 Å². The maximum absolute atomic E-state index is 13.0. The number of ether oxygens (including phenoxy) is 1. The zero-order valence-corrected chi connectivity index (χ0v) is 13.2. The number of amides is 1. The van der Waals surface area contributed by atoms with Crippen molar-refractivity contribution in [2.45, 2.75) is 25.0 Å². The molecule has 126 valence electrons. The van der Waals surface area contributed by atoms with Crippen LogP contribution in [0.1, 0.15) is 24.5 Å². The quantitative estimate of drug-likeness (QED) is 0.908. The highest BCUT2D eigenvalue weighted by atomic mass is 19.1. The van der Waals surface area contributed by atoms with E-state index in [2.05, 4.69) is 0 Å². The molecule has 2 atom stereocenters. The molecule has 2 aliphatic heterocycles. The third-order valence-corrected chi connectivity index (χ3v) is 4.50. The molecule has 2 unspecified atom stereocenters. The number of β-amino-alcohol motifs (C(OH)–C–C–N with tert-alkyl or cyclic N) is 1. The first-order valence-electron chi connectivity index (χ1n) is 8.17. The summed E-state index contributed by atoms with van der Waals surface area (Å²) in [5.74, 6) is -0.212. The Morgan fingerprint density at radius 3 is 2.78 bits per heavy atom. The number of piperidine rings is 1. The number of hydrogen-bond donors (Lipinski definition) is 1. The zero-order valence-electron chi connectivity index (χ0n) is 13.2. The predicted molar refractivity (Wildman–Crippen MR) is 83.4 cm³/mol. The number of hydrogen-bond acceptors (Lipinski definition) is 4. The first kappa shape index (κ1) is 16.4. The minimum absolute atomic E-state index is 0.0644. The van der Waals surface area contributed by atoms with Gasteiger partial charge in [0, 0.05) is 13.1 Å². The lowest BCUT2D eigenvalue weighted by molar-refractivity contribution is -0.140. The molecule has 2 fully saturated rings. The second kappa shape index (κ2) is 7.38. The highest BCUT2D eigenvalue weighted by Crippen LogP contribution is 2.22. The SMILES string of the molecule is O=C(CN1CCCC(O)C1)N1CCOC(c2ccc(F)cc2)C1. The minimum atomic E-state index is -0.326. The zero-order chi connectivity index (χ0) is 16.2. The van der Waals surface area contributed by atoms with Crippen molar-refractivity contribution in [3.8, 4) is 0 Å². The Bertz CT molecular complexity index is 537. The number of carbonyl (C=O) groups is 1. The average Bonchev–Trinajstić information content (AvgIpc) is 2.56. The molecule has 1 amide bonds. The van der Waals surface area contributed by atoms with E-state index in [4.69, 9.17) is 4.74 Å². The molecule has 0 radical (unpaired) electrons. The van der Waals surface area contributed by atoms with Crippen LogP contribution in [0.4, 0.5) is 4.39 Å². The Hall–Kier alpha value is -1.50. The molecule has 3 rings (SSSR count). The number of likely N-dealkylation sites (tertiary alicyclic amines) is 1. The topological polar surface area (TPSA) is 53.0 Å². The number of carbonyl (C=O) groups excluding carboxylic acids is 1. The number of benzene rings is 1. The molecular formula is C17H23FN2O3. The summed E-state index contributed by atoms with van der Waals surface area (Å²) >= 11 is 0. The van der Waals surface area contributed by atoms with Crippen molar-refractivity contribution >= 4 is 5.91 Å². The fourth-order valence-electron chi connectivity index (χ4n) is 3.22. The Morgan fingerprint density at radius 1 is 1.26 bits per heavy atom. The van der Waals surface area contributed by atoms with Gasteiger partial charge in [-0.25, -0.2) is 4.39 Å². The Morgan fingerprint density at radius 2 is 2.04 bits per heavy atom. The predicted octanol–water partition coefficient (Wildman–Crippen LogP) is 1.18. The lowest BCUT2D eigenvalue weighted by Gasteiger charge is -2.36. The second-order valence-corrected chi connectivity index (χ2v) is 6.28. The maximum atomic E-state index is 13.0. The van der Waals surface area contributed by atoms with Crippen LogP contribution in [0.15, 0.2) is 24.3 Å². The van der Waals surface area contributed by atoms with Gasteiger partial charge in [0.1, 0.15) is 11.9 Å². The van der Waals surface area contributed by atoms with Crippen LogP contribution >= 0.6 is 0 Å². The Labute approximate surface area is 135 Å². The van der Waals surface area contributed by atoms with Crippen LogP contribution < -0.4 is 0 Å². The minimum Gasteiger partial charge on any atom is -0.392 e. The van der Waals surface area contributed by atoms with Crippen molar-refractivity contribution in [3.63, 3.8) is 0 Å². The summed E-state index contributed by atoms with van der Waals surface area (Å²) < 4.78 is 18.7. The molecule has 1 aromatic carbocycles. The van der Waals surface area contributed by atoms with Crippen LogP contribution in [0.2, 0.25) is 0 Å². The molecule has 0 spiro atoms. The molecule has 2 aliphatic rings. The maximum Gasteiger partial charge on any atom is 0.236 e. The van der Waals surface area contributed by atoms with Gasteiger partial charge in [0.2, 0.25) is 5.91 Å². The van der Waals surface area contributed by atoms with E-state index in [0.717, 1.165) is 24.9 Å². The fraction of sp³-hybridized carbons (Fsp3) is 0.588. The highest BCUT2D eigenvalue weighted by molar-refractivity contribution is 5.78. The first-order chi connectivity index (χ1) is 11.1. The van der Waals surface area contributed by atoms with Gasteiger partial charge in [0.05, 0.1) is 25.8 Å². The van der Waals surface area contributed by atoms with E-state index in [1.807, 2.05) is 4.90 Å². The smallest absolute Gasteiger partial charge is 0.236 e. The summed E-state index contributed by atoms with van der Waals surface area (Å²) in [6, 6.07) is 6.23. The van der Waals surface area contributed by atoms with Crippen LogP contribution in [-0.2, 0) is 9.53 Å². The summed E-state index contributed by atoms with van der Waals surface area (Å²) in [5, 5.41) is 9.70. The van der Waals surface area contributed by atoms with Crippen LogP contribution in [-0.4, -0.2) is 66.2 Å². The molecule has 6 heteroatoms. The summed E-state index contributed by atoms with van der Waals surface area (Å²) in [6.07, 6.45) is 1.21. The van der Waals surface area contributed by atoms with E-state index in [0.29, 0.717) is 32.8 Å². The van der Waals surface area contributed by atoms with Crippen LogP contribution in [0, 0.1) is 5.82 Å². The molecule has 0 bridgehead atoms. The van der Waals surface area contributed by atoms with Gasteiger partial charge < -0.3 is 14.7 Å². The molecule has 1 N–H and O–H groups in total. The Kier molecular flexibility index (Phi) is 5.25. The second-order valence-electron chi connectivity index (χ2n) is 6.28. The monoisotopic (exact) mass is 322 g/mol. The van der Waals surface area contributed by atoms with Crippen molar-refractivity contribution < 1.29 is 19.0 Å². The largest absolute Gasteiger partial charge is 0.392 e. The molecular weight excluding hydrogens is 299 g/mol. The van der Waals surface area contributed by atoms with Crippen molar-refractivity contribution in [2.24, 2.45) is 0 Å². The van der Waals surface area contributed by atoms with Crippen molar-refractivity contribution in [2.75, 3.05) is 39.3 Å². The van der Waals surface area contributed by atoms with Crippen molar-refractivity contribution in [3.05, 3.63) is 35.6 Å². The third kappa shape index (κ3) is 4.28. The van der Waals surface area contributed by atoms with Gasteiger partial charge in [0.15, 0.2) is 0 Å². The number of aliphatic hydroxyl groups is 1. The van der Waals surface area contributed by atoms with Gasteiger partial charge in [-0.1, -0.05) is 12.1 Å². The summed E-state index contributed by atoms with van der Waals surface area (Å²) in [4.78, 5) is 16.3. The van der Waals surface area contributed by atoms with E-state index >= 15 is 0 Å². The molecule has 2 heterocycles. The molecule has 5 nitrogen and oxygen atoms in total. The summed E-state index contributed by atoms with van der Waals surface area (Å²) in [7, 11) is 0. The average molecular weight is 322 g/mol. The van der Waals surface area contributed by atoms with Crippen LogP contribution in [0.3, 0.4) is 0 Å². The van der Waals surface area contributed by atoms with Gasteiger partial charge in [-0.2, -0.15) is 0 Å². The van der Waals surface area contributed by atoms with Crippen LogP contribution in [0.5, 0.6) is 0 Å². The first-order valence-corrected chi connectivity index (χ1v) is 8.17. The van der Waals surface area contributed by atoms with E-state index in [1.165, 1.54) is 12.1 Å². The number of rotatable bonds is 3. The third-order valence-electron chi connectivity index (χ3n) is 4.50. The number of aliphatic hydroxyl groups excluding tert-OH is 1. The number of halogens is 1. The summed E-state index contributed by atoms with van der Waals surface area (Å²) in [5.41, 5.74) is 0.886. The number of nitrogens with zero attached hydrogens (tertiary/aromatic N) is 2. The van der Waals surface area contributed by atoms with E-state index in [1.54, 1.807) is 17.0 Å². The highest BCUT2D eigenvalue weighted by Gasteiger charge is 2.27. The summed E-state index contributed by atoms with van der Waals surface area (Å²) in [6.45, 7) is 3.31. The molecule has 23 heavy (non-hydrogen) atoms. The van der Waals surface area contributed by atoms with E-state index in [9.17, 15) is 14.3 Å². The molecule has 0 aliphatic carbocycles. The van der Waals surface area contributed by atoms with Gasteiger partial charge in [0.25, 0.3) is 0 Å². The van der Waals surface area contributed by atoms with Gasteiger partial charge >= 0.3 is 0 Å². The molecule has 0 aromatic heterocycles. The molecule has 2 saturated heterocycles. The Balaban J connectivity index is 1.57. The van der Waals surface area contributed by atoms with Gasteiger partial charge in [-0.15, -0.1) is 0 Å². The fourth-order valence-corrected chi connectivity index (χ4v) is 3.22. The van der Waals surface area contributed by atoms with E-state index in [-0.39, 0.29) is 23.9 Å². The number of morpholine rings is 1. The van der Waals surface area contributed by atoms with Crippen molar-refractivity contribution in [1.82, 2.24) is 9.80 Å². The van der Waals surface area contributed by atoms with Crippen LogP contribution in [0.25, 0.3) is 0 Å². The molecule has 0 saturated carbocycles. The lowest BCUT2D eigenvalue weighted by Crippen LogP contribution is -2.49. The lowest BCUT2D eigenvalue weighted by atomic mass is 10.1. The molecule has 1 aromatic rings. The van der Waals surface area contributed by atoms with E-state index < -0.39 is 0 Å². The standard InChI is InChI=1S/C17H23FN2O3/c18-14-5-3-13(4-6-14)16-11-20(8-9-23-16)17(22)12-19-7-1-2-15(21)10-19/h3-6,15-16,21H,1-2,7-12H2.